The number of nitrogens with zero attached hydrogens (tertiary/aromatic N) is 2. The van der Waals surface area contributed by atoms with E-state index in [0.717, 1.165) is 0 Å². The number of amides is 1. The summed E-state index contributed by atoms with van der Waals surface area (Å²) in [4.78, 5) is 27.8. The average molecular weight is 347 g/mol. The number of carboxylic acid groups (broad SMARTS) is 1. The van der Waals surface area contributed by atoms with E-state index in [1.54, 1.807) is 31.2 Å². The zero-order valence-corrected chi connectivity index (χ0v) is 14.4. The normalized spacial score (nSPS) is 12.0. The number of carboxylic acids is 1. The fraction of sp³-hybridized carbons (Fsp3) is 0.412. The number of hydrogen-bond donors (Lipinski definition) is 2. The van der Waals surface area contributed by atoms with Crippen molar-refractivity contribution in [2.45, 2.75) is 39.8 Å². The van der Waals surface area contributed by atoms with Crippen molar-refractivity contribution in [3.63, 3.8) is 0 Å². The van der Waals surface area contributed by atoms with Crippen molar-refractivity contribution in [2.75, 3.05) is 0 Å². The Morgan fingerprint density at radius 3 is 2.64 bits per heavy atom. The molecular formula is C17H21N3O5. The molecule has 0 unspecified atom stereocenters. The van der Waals surface area contributed by atoms with Crippen molar-refractivity contribution in [1.29, 1.82) is 0 Å². The standard InChI is InChI=1S/C17H21N3O5/c1-10(2)8-13(17(22)23)19-16(21)12-6-4-5-7-14(12)24-9-15-18-11(3)25-20-15/h4-7,10,13H,8-9H2,1-3H3,(H,19,21)(H,22,23)/t13-/m1/s1. The molecule has 0 radical (unpaired) electrons. The van der Waals surface area contributed by atoms with Gasteiger partial charge in [-0.05, 0) is 24.5 Å². The minimum atomic E-state index is -1.07. The third kappa shape index (κ3) is 5.30. The van der Waals surface area contributed by atoms with Gasteiger partial charge in [-0.3, -0.25) is 4.79 Å². The summed E-state index contributed by atoms with van der Waals surface area (Å²) in [6, 6.07) is 5.63. The highest BCUT2D eigenvalue weighted by molar-refractivity contribution is 5.98. The first-order valence-corrected chi connectivity index (χ1v) is 7.91. The molecule has 1 aromatic heterocycles. The highest BCUT2D eigenvalue weighted by Gasteiger charge is 2.23. The number of ether oxygens (including phenoxy) is 1. The summed E-state index contributed by atoms with van der Waals surface area (Å²) in [7, 11) is 0. The third-order valence-corrected chi connectivity index (χ3v) is 3.37. The fourth-order valence-corrected chi connectivity index (χ4v) is 2.25. The molecule has 8 heteroatoms. The quantitative estimate of drug-likeness (QED) is 0.752. The average Bonchev–Trinajstić information content (AvgIpc) is 2.97. The number of carbonyl (C=O) groups excluding carboxylic acids is 1. The van der Waals surface area contributed by atoms with E-state index in [4.69, 9.17) is 9.26 Å². The molecule has 134 valence electrons. The molecule has 0 saturated carbocycles. The second-order valence-corrected chi connectivity index (χ2v) is 6.01. The number of rotatable bonds is 8. The molecule has 1 aromatic carbocycles. The van der Waals surface area contributed by atoms with Crippen LogP contribution in [0.2, 0.25) is 0 Å². The van der Waals surface area contributed by atoms with Gasteiger partial charge in [0.2, 0.25) is 11.7 Å². The van der Waals surface area contributed by atoms with Gasteiger partial charge in [-0.25, -0.2) is 4.79 Å². The van der Waals surface area contributed by atoms with Crippen molar-refractivity contribution >= 4 is 11.9 Å². The first-order valence-electron chi connectivity index (χ1n) is 7.91. The van der Waals surface area contributed by atoms with Crippen LogP contribution in [0, 0.1) is 12.8 Å². The van der Waals surface area contributed by atoms with E-state index in [1.807, 2.05) is 13.8 Å². The molecule has 0 spiro atoms. The SMILES string of the molecule is Cc1nc(COc2ccccc2C(=O)N[C@H](CC(C)C)C(=O)O)no1. The van der Waals surface area contributed by atoms with Gasteiger partial charge in [0.25, 0.3) is 5.91 Å². The minimum Gasteiger partial charge on any atom is -0.485 e. The molecule has 1 heterocycles. The number of aryl methyl sites for hydroxylation is 1. The second-order valence-electron chi connectivity index (χ2n) is 6.01. The second kappa shape index (κ2) is 8.27. The summed E-state index contributed by atoms with van der Waals surface area (Å²) in [6.07, 6.45) is 0.340. The van der Waals surface area contributed by atoms with Crippen molar-refractivity contribution in [3.8, 4) is 5.75 Å². The predicted molar refractivity (Wildman–Crippen MR) is 88.2 cm³/mol. The Hall–Kier alpha value is -2.90. The van der Waals surface area contributed by atoms with Crippen LogP contribution < -0.4 is 10.1 Å². The number of benzene rings is 1. The molecule has 2 rings (SSSR count). The lowest BCUT2D eigenvalue weighted by Gasteiger charge is -2.17. The van der Waals surface area contributed by atoms with Crippen molar-refractivity contribution in [3.05, 3.63) is 41.5 Å². The van der Waals surface area contributed by atoms with Gasteiger partial charge in [0.1, 0.15) is 11.8 Å². The van der Waals surface area contributed by atoms with Crippen molar-refractivity contribution in [1.82, 2.24) is 15.5 Å². The Morgan fingerprint density at radius 1 is 1.32 bits per heavy atom. The maximum Gasteiger partial charge on any atom is 0.326 e. The van der Waals surface area contributed by atoms with Gasteiger partial charge in [0.15, 0.2) is 6.61 Å². The van der Waals surface area contributed by atoms with E-state index in [-0.39, 0.29) is 18.1 Å². The summed E-state index contributed by atoms with van der Waals surface area (Å²) in [5.74, 6) is -0.347. The molecule has 0 aliphatic carbocycles. The monoisotopic (exact) mass is 347 g/mol. The van der Waals surface area contributed by atoms with Gasteiger partial charge in [0, 0.05) is 6.92 Å². The number of nitrogens with one attached hydrogen (secondary N) is 1. The van der Waals surface area contributed by atoms with Gasteiger partial charge >= 0.3 is 5.97 Å². The van der Waals surface area contributed by atoms with Crippen LogP contribution in [0.3, 0.4) is 0 Å². The largest absolute Gasteiger partial charge is 0.485 e. The summed E-state index contributed by atoms with van der Waals surface area (Å²) in [5, 5.41) is 15.5. The lowest BCUT2D eigenvalue weighted by Crippen LogP contribution is -2.41. The van der Waals surface area contributed by atoms with Gasteiger partial charge < -0.3 is 19.7 Å². The lowest BCUT2D eigenvalue weighted by atomic mass is 10.0. The number of aromatic nitrogens is 2. The van der Waals surface area contributed by atoms with Crippen molar-refractivity contribution in [2.24, 2.45) is 5.92 Å². The topological polar surface area (TPSA) is 115 Å². The smallest absolute Gasteiger partial charge is 0.326 e. The van der Waals surface area contributed by atoms with Crippen LogP contribution in [-0.2, 0) is 11.4 Å². The first kappa shape index (κ1) is 18.4. The minimum absolute atomic E-state index is 0.0377. The van der Waals surface area contributed by atoms with Gasteiger partial charge in [0.05, 0.1) is 5.56 Å². The van der Waals surface area contributed by atoms with Crippen LogP contribution in [0.4, 0.5) is 0 Å². The predicted octanol–water partition coefficient (Wildman–Crippen LogP) is 2.19. The van der Waals surface area contributed by atoms with Gasteiger partial charge in [-0.1, -0.05) is 31.1 Å². The van der Waals surface area contributed by atoms with Crippen LogP contribution >= 0.6 is 0 Å². The highest BCUT2D eigenvalue weighted by Crippen LogP contribution is 2.19. The Kier molecular flexibility index (Phi) is 6.10. The zero-order chi connectivity index (χ0) is 18.4. The van der Waals surface area contributed by atoms with E-state index in [2.05, 4.69) is 15.5 Å². The summed E-state index contributed by atoms with van der Waals surface area (Å²) < 4.78 is 10.4. The molecule has 25 heavy (non-hydrogen) atoms. The van der Waals surface area contributed by atoms with E-state index in [0.29, 0.717) is 23.9 Å². The summed E-state index contributed by atoms with van der Waals surface area (Å²) >= 11 is 0. The molecule has 0 saturated heterocycles. The van der Waals surface area contributed by atoms with Crippen LogP contribution in [0.1, 0.15) is 42.3 Å². The Labute approximate surface area is 145 Å². The Morgan fingerprint density at radius 2 is 2.04 bits per heavy atom. The number of para-hydroxylation sites is 1. The fourth-order valence-electron chi connectivity index (χ4n) is 2.25. The summed E-state index contributed by atoms with van der Waals surface area (Å²) in [5.41, 5.74) is 0.248. The van der Waals surface area contributed by atoms with Crippen LogP contribution in [-0.4, -0.2) is 33.2 Å². The molecule has 8 nitrogen and oxygen atoms in total. The van der Waals surface area contributed by atoms with E-state index < -0.39 is 17.9 Å². The van der Waals surface area contributed by atoms with Crippen LogP contribution in [0.5, 0.6) is 5.75 Å². The van der Waals surface area contributed by atoms with Crippen LogP contribution in [0.15, 0.2) is 28.8 Å². The molecule has 0 fully saturated rings. The third-order valence-electron chi connectivity index (χ3n) is 3.37. The van der Waals surface area contributed by atoms with Crippen LogP contribution in [0.25, 0.3) is 0 Å². The van der Waals surface area contributed by atoms with Gasteiger partial charge in [-0.2, -0.15) is 4.98 Å². The molecule has 0 aliphatic rings. The molecule has 1 atom stereocenters. The Bertz CT molecular complexity index is 741. The molecule has 1 amide bonds. The number of carbonyl (C=O) groups is 2. The molecule has 2 N–H and O–H groups in total. The zero-order valence-electron chi connectivity index (χ0n) is 14.4. The Balaban J connectivity index is 2.09. The highest BCUT2D eigenvalue weighted by atomic mass is 16.5. The molecule has 0 bridgehead atoms. The van der Waals surface area contributed by atoms with E-state index >= 15 is 0 Å². The molecule has 0 aliphatic heterocycles. The van der Waals surface area contributed by atoms with Crippen molar-refractivity contribution < 1.29 is 24.0 Å². The van der Waals surface area contributed by atoms with E-state index in [1.165, 1.54) is 0 Å². The number of aliphatic carboxylic acids is 1. The molecule has 2 aromatic rings. The molecular weight excluding hydrogens is 326 g/mol. The summed E-state index contributed by atoms with van der Waals surface area (Å²) in [6.45, 7) is 5.49. The first-order chi connectivity index (χ1) is 11.9. The van der Waals surface area contributed by atoms with E-state index in [9.17, 15) is 14.7 Å². The lowest BCUT2D eigenvalue weighted by molar-refractivity contribution is -0.139. The maximum atomic E-state index is 12.5. The van der Waals surface area contributed by atoms with Gasteiger partial charge in [-0.15, -0.1) is 0 Å². The maximum absolute atomic E-state index is 12.5. The number of hydrogen-bond acceptors (Lipinski definition) is 6.